The Morgan fingerprint density at radius 3 is 2.31 bits per heavy atom. The third kappa shape index (κ3) is 2.54. The van der Waals surface area contributed by atoms with Crippen LogP contribution in [-0.4, -0.2) is 33.9 Å². The van der Waals surface area contributed by atoms with Crippen molar-refractivity contribution in [2.75, 3.05) is 33.3 Å². The average Bonchev–Trinajstić information content (AvgIpc) is 3.05. The molecule has 6 heteroatoms. The molecule has 1 N–H and O–H groups in total. The van der Waals surface area contributed by atoms with E-state index in [9.17, 15) is 4.79 Å². The van der Waals surface area contributed by atoms with E-state index in [0.717, 1.165) is 28.3 Å². The summed E-state index contributed by atoms with van der Waals surface area (Å²) in [5.41, 5.74) is 4.17. The maximum atomic E-state index is 12.4. The van der Waals surface area contributed by atoms with Crippen LogP contribution in [-0.2, 0) is 9.53 Å². The summed E-state index contributed by atoms with van der Waals surface area (Å²) in [6.07, 6.45) is 0. The molecule has 0 aliphatic carbocycles. The Bertz CT molecular complexity index is 896. The summed E-state index contributed by atoms with van der Waals surface area (Å²) in [5.74, 6) is 1.50. The van der Waals surface area contributed by atoms with Crippen molar-refractivity contribution in [1.82, 2.24) is 0 Å². The van der Waals surface area contributed by atoms with Gasteiger partial charge in [0.2, 0.25) is 0 Å². The van der Waals surface area contributed by atoms with Crippen molar-refractivity contribution < 1.29 is 23.7 Å². The van der Waals surface area contributed by atoms with E-state index < -0.39 is 0 Å². The van der Waals surface area contributed by atoms with Gasteiger partial charge in [-0.1, -0.05) is 6.07 Å². The molecule has 6 nitrogen and oxygen atoms in total. The highest BCUT2D eigenvalue weighted by molar-refractivity contribution is 5.97. The van der Waals surface area contributed by atoms with Gasteiger partial charge in [0.25, 0.3) is 0 Å². The number of cyclic esters (lactones) is 1. The first-order chi connectivity index (χ1) is 12.6. The zero-order valence-electron chi connectivity index (χ0n) is 14.8. The lowest BCUT2D eigenvalue weighted by molar-refractivity contribution is -0.136. The molecule has 1 atom stereocenters. The standard InChI is InChI=1S/C20H19NO5/c1-23-12-4-5-15-16(9-12)21-17-10-26-20(22)19(17)18(15)11-6-13(24-2)8-14(7-11)25-3/h4-9,18,21H,10H2,1-3H3. The molecule has 0 amide bonds. The van der Waals surface area contributed by atoms with Gasteiger partial charge in [0.1, 0.15) is 23.9 Å². The smallest absolute Gasteiger partial charge is 0.337 e. The summed E-state index contributed by atoms with van der Waals surface area (Å²) in [5, 5.41) is 3.31. The second-order valence-electron chi connectivity index (χ2n) is 6.13. The molecular weight excluding hydrogens is 334 g/mol. The Kier molecular flexibility index (Phi) is 3.95. The van der Waals surface area contributed by atoms with Gasteiger partial charge >= 0.3 is 5.97 Å². The van der Waals surface area contributed by atoms with Crippen molar-refractivity contribution in [1.29, 1.82) is 0 Å². The van der Waals surface area contributed by atoms with E-state index in [1.54, 1.807) is 21.3 Å². The number of hydrogen-bond acceptors (Lipinski definition) is 6. The number of carbonyl (C=O) groups is 1. The first kappa shape index (κ1) is 16.3. The molecule has 0 saturated heterocycles. The maximum absolute atomic E-state index is 12.4. The fourth-order valence-electron chi connectivity index (χ4n) is 3.49. The third-order valence-corrected chi connectivity index (χ3v) is 4.75. The fourth-order valence-corrected chi connectivity index (χ4v) is 3.49. The van der Waals surface area contributed by atoms with Gasteiger partial charge in [-0.15, -0.1) is 0 Å². The third-order valence-electron chi connectivity index (χ3n) is 4.75. The van der Waals surface area contributed by atoms with Crippen molar-refractivity contribution in [3.63, 3.8) is 0 Å². The fraction of sp³-hybridized carbons (Fsp3) is 0.250. The Morgan fingerprint density at radius 2 is 1.65 bits per heavy atom. The molecule has 26 heavy (non-hydrogen) atoms. The molecule has 2 aliphatic heterocycles. The lowest BCUT2D eigenvalue weighted by Gasteiger charge is -2.28. The van der Waals surface area contributed by atoms with Gasteiger partial charge in [-0.2, -0.15) is 0 Å². The van der Waals surface area contributed by atoms with Crippen LogP contribution in [0.15, 0.2) is 47.7 Å². The Labute approximate surface area is 151 Å². The van der Waals surface area contributed by atoms with Crippen LogP contribution in [0.4, 0.5) is 5.69 Å². The lowest BCUT2D eigenvalue weighted by atomic mass is 9.81. The van der Waals surface area contributed by atoms with Crippen LogP contribution in [0.2, 0.25) is 0 Å². The van der Waals surface area contributed by atoms with Gasteiger partial charge in [-0.3, -0.25) is 0 Å². The van der Waals surface area contributed by atoms with Gasteiger partial charge in [-0.25, -0.2) is 4.79 Å². The summed E-state index contributed by atoms with van der Waals surface area (Å²) in [6, 6.07) is 11.4. The summed E-state index contributed by atoms with van der Waals surface area (Å²) >= 11 is 0. The highest BCUT2D eigenvalue weighted by atomic mass is 16.5. The maximum Gasteiger partial charge on any atom is 0.337 e. The molecule has 0 saturated carbocycles. The van der Waals surface area contributed by atoms with Crippen molar-refractivity contribution in [3.05, 3.63) is 58.8 Å². The second-order valence-corrected chi connectivity index (χ2v) is 6.13. The number of rotatable bonds is 4. The topological polar surface area (TPSA) is 66.0 Å². The van der Waals surface area contributed by atoms with Gasteiger partial charge in [0, 0.05) is 23.7 Å². The summed E-state index contributed by atoms with van der Waals surface area (Å²) < 4.78 is 21.4. The predicted octanol–water partition coefficient (Wildman–Crippen LogP) is 3.08. The van der Waals surface area contributed by atoms with E-state index in [1.807, 2.05) is 36.4 Å². The average molecular weight is 353 g/mol. The predicted molar refractivity (Wildman–Crippen MR) is 96.0 cm³/mol. The van der Waals surface area contributed by atoms with Crippen LogP contribution in [0.5, 0.6) is 17.2 Å². The van der Waals surface area contributed by atoms with Gasteiger partial charge < -0.3 is 24.3 Å². The first-order valence-electron chi connectivity index (χ1n) is 8.22. The number of carbonyl (C=O) groups excluding carboxylic acids is 1. The first-order valence-corrected chi connectivity index (χ1v) is 8.22. The molecule has 2 aliphatic rings. The van der Waals surface area contributed by atoms with Crippen LogP contribution in [0.3, 0.4) is 0 Å². The molecule has 0 fully saturated rings. The van der Waals surface area contributed by atoms with Gasteiger partial charge in [-0.05, 0) is 29.3 Å². The minimum Gasteiger partial charge on any atom is -0.497 e. The molecule has 0 radical (unpaired) electrons. The van der Waals surface area contributed by atoms with Crippen molar-refractivity contribution in [2.24, 2.45) is 0 Å². The number of methoxy groups -OCH3 is 3. The molecule has 2 aromatic carbocycles. The molecule has 4 rings (SSSR count). The minimum absolute atomic E-state index is 0.239. The molecule has 0 aromatic heterocycles. The van der Waals surface area contributed by atoms with E-state index >= 15 is 0 Å². The number of esters is 1. The summed E-state index contributed by atoms with van der Waals surface area (Å²) in [6.45, 7) is 0.239. The molecule has 2 aromatic rings. The van der Waals surface area contributed by atoms with Crippen molar-refractivity contribution in [3.8, 4) is 17.2 Å². The Balaban J connectivity index is 1.92. The monoisotopic (exact) mass is 353 g/mol. The van der Waals surface area contributed by atoms with Crippen LogP contribution in [0.1, 0.15) is 17.0 Å². The number of hydrogen-bond donors (Lipinski definition) is 1. The Hall–Kier alpha value is -3.15. The molecule has 1 unspecified atom stereocenters. The van der Waals surface area contributed by atoms with Crippen LogP contribution in [0.25, 0.3) is 0 Å². The number of ether oxygens (including phenoxy) is 4. The molecule has 2 heterocycles. The largest absolute Gasteiger partial charge is 0.497 e. The van der Waals surface area contributed by atoms with E-state index in [4.69, 9.17) is 18.9 Å². The van der Waals surface area contributed by atoms with Crippen LogP contribution >= 0.6 is 0 Å². The highest BCUT2D eigenvalue weighted by Crippen LogP contribution is 2.46. The van der Waals surface area contributed by atoms with Crippen molar-refractivity contribution in [2.45, 2.75) is 5.92 Å². The minimum atomic E-state index is -0.305. The van der Waals surface area contributed by atoms with E-state index in [0.29, 0.717) is 17.1 Å². The summed E-state index contributed by atoms with van der Waals surface area (Å²) in [4.78, 5) is 12.4. The van der Waals surface area contributed by atoms with Gasteiger partial charge in [0.05, 0.1) is 32.6 Å². The van der Waals surface area contributed by atoms with E-state index in [2.05, 4.69) is 5.32 Å². The number of anilines is 1. The second kappa shape index (κ2) is 6.29. The zero-order chi connectivity index (χ0) is 18.3. The molecular formula is C20H19NO5. The molecule has 0 bridgehead atoms. The number of benzene rings is 2. The summed E-state index contributed by atoms with van der Waals surface area (Å²) in [7, 11) is 4.84. The Morgan fingerprint density at radius 1 is 0.962 bits per heavy atom. The van der Waals surface area contributed by atoms with E-state index in [1.165, 1.54) is 0 Å². The number of fused-ring (bicyclic) bond motifs is 1. The number of nitrogens with one attached hydrogen (secondary N) is 1. The van der Waals surface area contributed by atoms with Crippen LogP contribution < -0.4 is 19.5 Å². The van der Waals surface area contributed by atoms with Gasteiger partial charge in [0.15, 0.2) is 0 Å². The quantitative estimate of drug-likeness (QED) is 0.852. The van der Waals surface area contributed by atoms with Crippen LogP contribution in [0, 0.1) is 0 Å². The normalized spacial score (nSPS) is 17.8. The van der Waals surface area contributed by atoms with Crippen molar-refractivity contribution >= 4 is 11.7 Å². The molecule has 134 valence electrons. The SMILES string of the molecule is COc1cc(OC)cc(C2C3=C(COC3=O)Nc3cc(OC)ccc32)c1. The molecule has 0 spiro atoms. The lowest BCUT2D eigenvalue weighted by Crippen LogP contribution is -2.20. The highest BCUT2D eigenvalue weighted by Gasteiger charge is 2.38. The zero-order valence-corrected chi connectivity index (χ0v) is 14.8. The van der Waals surface area contributed by atoms with E-state index in [-0.39, 0.29) is 18.5 Å².